The van der Waals surface area contributed by atoms with E-state index in [1.807, 2.05) is 53.4 Å². The Labute approximate surface area is 147 Å². The molecule has 5 nitrogen and oxygen atoms in total. The van der Waals surface area contributed by atoms with Crippen LogP contribution in [-0.2, 0) is 11.3 Å². The number of likely N-dealkylation sites (tertiary alicyclic amines) is 1. The van der Waals surface area contributed by atoms with Crippen molar-refractivity contribution in [3.63, 3.8) is 0 Å². The van der Waals surface area contributed by atoms with Crippen LogP contribution in [0.1, 0.15) is 30.0 Å². The van der Waals surface area contributed by atoms with Crippen molar-refractivity contribution in [2.75, 3.05) is 19.9 Å². The van der Waals surface area contributed by atoms with Gasteiger partial charge in [0.1, 0.15) is 6.04 Å². The minimum atomic E-state index is -0.329. The van der Waals surface area contributed by atoms with Gasteiger partial charge in [0, 0.05) is 19.6 Å². The molecule has 2 aliphatic rings. The number of amides is 1. The predicted octanol–water partition coefficient (Wildman–Crippen LogP) is 2.87. The highest BCUT2D eigenvalue weighted by Gasteiger charge is 2.27. The maximum atomic E-state index is 13.0. The number of fused-ring (bicyclic) bond motifs is 1. The molecule has 0 radical (unpaired) electrons. The van der Waals surface area contributed by atoms with Crippen LogP contribution in [0.4, 0.5) is 0 Å². The Morgan fingerprint density at radius 1 is 1.04 bits per heavy atom. The first-order chi connectivity index (χ1) is 12.3. The van der Waals surface area contributed by atoms with E-state index >= 15 is 0 Å². The zero-order valence-electron chi connectivity index (χ0n) is 14.1. The van der Waals surface area contributed by atoms with E-state index in [2.05, 4.69) is 5.32 Å². The van der Waals surface area contributed by atoms with Gasteiger partial charge in [-0.05, 0) is 36.1 Å². The number of ether oxygens (including phenoxy) is 2. The number of carbonyl (C=O) groups excluding carboxylic acids is 1. The lowest BCUT2D eigenvalue weighted by Gasteiger charge is -2.24. The molecule has 25 heavy (non-hydrogen) atoms. The van der Waals surface area contributed by atoms with E-state index in [1.54, 1.807) is 0 Å². The van der Waals surface area contributed by atoms with Crippen LogP contribution >= 0.6 is 0 Å². The van der Waals surface area contributed by atoms with E-state index in [0.717, 1.165) is 48.6 Å². The number of hydrogen-bond donors (Lipinski definition) is 1. The van der Waals surface area contributed by atoms with Gasteiger partial charge in [0.25, 0.3) is 0 Å². The van der Waals surface area contributed by atoms with Crippen molar-refractivity contribution in [2.24, 2.45) is 0 Å². The smallest absolute Gasteiger partial charge is 0.244 e. The van der Waals surface area contributed by atoms with Crippen LogP contribution in [0, 0.1) is 0 Å². The van der Waals surface area contributed by atoms with Crippen LogP contribution in [0.25, 0.3) is 0 Å². The number of rotatable bonds is 5. The van der Waals surface area contributed by atoms with E-state index in [1.165, 1.54) is 0 Å². The second-order valence-corrected chi connectivity index (χ2v) is 6.44. The Kier molecular flexibility index (Phi) is 4.57. The number of nitrogens with one attached hydrogen (secondary N) is 1. The van der Waals surface area contributed by atoms with Crippen molar-refractivity contribution < 1.29 is 14.3 Å². The van der Waals surface area contributed by atoms with Gasteiger partial charge in [-0.3, -0.25) is 10.1 Å². The van der Waals surface area contributed by atoms with Crippen molar-refractivity contribution in [1.82, 2.24) is 10.2 Å². The summed E-state index contributed by atoms with van der Waals surface area (Å²) in [5.74, 6) is 1.70. The Morgan fingerprint density at radius 2 is 1.80 bits per heavy atom. The maximum Gasteiger partial charge on any atom is 0.244 e. The Balaban J connectivity index is 1.51. The van der Waals surface area contributed by atoms with Crippen LogP contribution in [0.3, 0.4) is 0 Å². The fourth-order valence-corrected chi connectivity index (χ4v) is 3.38. The molecule has 1 saturated heterocycles. The average Bonchev–Trinajstić information content (AvgIpc) is 3.34. The molecule has 0 aromatic heterocycles. The molecule has 5 heteroatoms. The minimum absolute atomic E-state index is 0.157. The summed E-state index contributed by atoms with van der Waals surface area (Å²) in [6.45, 7) is 2.57. The molecule has 1 atom stereocenters. The third kappa shape index (κ3) is 3.46. The van der Waals surface area contributed by atoms with Crippen molar-refractivity contribution in [3.8, 4) is 11.5 Å². The van der Waals surface area contributed by atoms with Gasteiger partial charge in [-0.25, -0.2) is 0 Å². The second-order valence-electron chi connectivity index (χ2n) is 6.44. The van der Waals surface area contributed by atoms with Gasteiger partial charge in [0.05, 0.1) is 0 Å². The predicted molar refractivity (Wildman–Crippen MR) is 94.4 cm³/mol. The third-order valence-corrected chi connectivity index (χ3v) is 4.74. The lowest BCUT2D eigenvalue weighted by Crippen LogP contribution is -2.39. The van der Waals surface area contributed by atoms with Crippen molar-refractivity contribution >= 4 is 5.91 Å². The van der Waals surface area contributed by atoms with Crippen LogP contribution in [0.15, 0.2) is 48.5 Å². The van der Waals surface area contributed by atoms with Crippen molar-refractivity contribution in [3.05, 3.63) is 59.7 Å². The van der Waals surface area contributed by atoms with Crippen molar-refractivity contribution in [2.45, 2.75) is 25.4 Å². The molecule has 130 valence electrons. The first-order valence-electron chi connectivity index (χ1n) is 8.77. The number of carbonyl (C=O) groups is 1. The second kappa shape index (κ2) is 7.15. The summed E-state index contributed by atoms with van der Waals surface area (Å²) in [5, 5.41) is 3.43. The molecule has 1 amide bonds. The highest BCUT2D eigenvalue weighted by molar-refractivity contribution is 5.83. The number of nitrogens with zero attached hydrogens (tertiary/aromatic N) is 1. The van der Waals surface area contributed by atoms with Gasteiger partial charge < -0.3 is 14.4 Å². The fraction of sp³-hybridized carbons (Fsp3) is 0.350. The monoisotopic (exact) mass is 338 g/mol. The first kappa shape index (κ1) is 16.0. The van der Waals surface area contributed by atoms with Gasteiger partial charge >= 0.3 is 0 Å². The van der Waals surface area contributed by atoms with E-state index in [4.69, 9.17) is 9.47 Å². The summed E-state index contributed by atoms with van der Waals surface area (Å²) >= 11 is 0. The zero-order valence-corrected chi connectivity index (χ0v) is 14.1. The highest BCUT2D eigenvalue weighted by atomic mass is 16.7. The third-order valence-electron chi connectivity index (χ3n) is 4.74. The molecule has 0 bridgehead atoms. The first-order valence-corrected chi connectivity index (χ1v) is 8.77. The topological polar surface area (TPSA) is 50.8 Å². The summed E-state index contributed by atoms with van der Waals surface area (Å²) in [4.78, 5) is 14.9. The SMILES string of the molecule is O=C(C(NCc1ccc2c(c1)OCO2)c1ccccc1)N1CCCC1. The zero-order chi connectivity index (χ0) is 17.1. The van der Waals surface area contributed by atoms with Gasteiger partial charge in [-0.1, -0.05) is 36.4 Å². The molecule has 0 spiro atoms. The van der Waals surface area contributed by atoms with E-state index in [0.29, 0.717) is 6.54 Å². The van der Waals surface area contributed by atoms with E-state index in [-0.39, 0.29) is 18.7 Å². The normalized spacial score (nSPS) is 16.9. The summed E-state index contributed by atoms with van der Waals surface area (Å²) in [6, 6.07) is 15.5. The van der Waals surface area contributed by atoms with Gasteiger partial charge in [-0.15, -0.1) is 0 Å². The van der Waals surface area contributed by atoms with E-state index < -0.39 is 0 Å². The standard InChI is InChI=1S/C20H22N2O3/c23-20(22-10-4-5-11-22)19(16-6-2-1-3-7-16)21-13-15-8-9-17-18(12-15)25-14-24-17/h1-3,6-9,12,19,21H,4-5,10-11,13-14H2. The molecule has 4 rings (SSSR count). The molecular formula is C20H22N2O3. The lowest BCUT2D eigenvalue weighted by atomic mass is 10.0. The van der Waals surface area contributed by atoms with Crippen LogP contribution < -0.4 is 14.8 Å². The highest BCUT2D eigenvalue weighted by Crippen LogP contribution is 2.32. The van der Waals surface area contributed by atoms with Crippen molar-refractivity contribution in [1.29, 1.82) is 0 Å². The molecule has 2 aromatic rings. The largest absolute Gasteiger partial charge is 0.454 e. The number of hydrogen-bond acceptors (Lipinski definition) is 4. The van der Waals surface area contributed by atoms with Gasteiger partial charge in [-0.2, -0.15) is 0 Å². The lowest BCUT2D eigenvalue weighted by molar-refractivity contribution is -0.132. The Morgan fingerprint density at radius 3 is 2.60 bits per heavy atom. The molecule has 1 unspecified atom stereocenters. The summed E-state index contributed by atoms with van der Waals surface area (Å²) in [7, 11) is 0. The summed E-state index contributed by atoms with van der Waals surface area (Å²) in [5.41, 5.74) is 2.07. The van der Waals surface area contributed by atoms with Crippen LogP contribution in [0.2, 0.25) is 0 Å². The molecule has 0 aliphatic carbocycles. The molecule has 1 N–H and O–H groups in total. The van der Waals surface area contributed by atoms with Crippen LogP contribution in [-0.4, -0.2) is 30.7 Å². The maximum absolute atomic E-state index is 13.0. The average molecular weight is 338 g/mol. The molecular weight excluding hydrogens is 316 g/mol. The Bertz CT molecular complexity index is 742. The molecule has 2 heterocycles. The minimum Gasteiger partial charge on any atom is -0.454 e. The molecule has 2 aromatic carbocycles. The molecule has 0 saturated carbocycles. The number of benzene rings is 2. The van der Waals surface area contributed by atoms with Gasteiger partial charge in [0.15, 0.2) is 11.5 Å². The summed E-state index contributed by atoms with van der Waals surface area (Å²) in [6.07, 6.45) is 2.19. The Hall–Kier alpha value is -2.53. The molecule has 1 fully saturated rings. The van der Waals surface area contributed by atoms with Crippen LogP contribution in [0.5, 0.6) is 11.5 Å². The molecule has 2 aliphatic heterocycles. The van der Waals surface area contributed by atoms with E-state index in [9.17, 15) is 4.79 Å². The van der Waals surface area contributed by atoms with Gasteiger partial charge in [0.2, 0.25) is 12.7 Å². The summed E-state index contributed by atoms with van der Waals surface area (Å²) < 4.78 is 10.8. The quantitative estimate of drug-likeness (QED) is 0.911. The fourth-order valence-electron chi connectivity index (χ4n) is 3.38.